The van der Waals surface area contributed by atoms with E-state index in [0.717, 1.165) is 22.2 Å². The summed E-state index contributed by atoms with van der Waals surface area (Å²) in [6.07, 6.45) is 1.73. The van der Waals surface area contributed by atoms with Gasteiger partial charge in [0.1, 0.15) is 17.9 Å². The Kier molecular flexibility index (Phi) is 3.77. The largest absolute Gasteiger partial charge is 0.487 e. The van der Waals surface area contributed by atoms with E-state index < -0.39 is 0 Å². The zero-order valence-electron chi connectivity index (χ0n) is 10.5. The molecular weight excluding hydrogens is 293 g/mol. The van der Waals surface area contributed by atoms with Gasteiger partial charge in [0.05, 0.1) is 5.02 Å². The molecule has 2 aromatic carbocycles. The number of ether oxygens (including phenoxy) is 1. The standard InChI is InChI=1S/C16H11Cl2NO/c17-12-5-3-11(4-6-12)10-20-15-8-7-14(18)13-2-1-9-19-16(13)15/h1-9H,10H2. The third-order valence-electron chi connectivity index (χ3n) is 2.99. The Bertz CT molecular complexity index is 741. The third-order valence-corrected chi connectivity index (χ3v) is 3.57. The van der Waals surface area contributed by atoms with Crippen LogP contribution in [-0.2, 0) is 6.61 Å². The predicted molar refractivity (Wildman–Crippen MR) is 82.5 cm³/mol. The number of fused-ring (bicyclic) bond motifs is 1. The van der Waals surface area contributed by atoms with Crippen LogP contribution in [0.3, 0.4) is 0 Å². The molecular formula is C16H11Cl2NO. The van der Waals surface area contributed by atoms with Gasteiger partial charge in [-0.15, -0.1) is 0 Å². The molecule has 1 aromatic heterocycles. The molecule has 2 nitrogen and oxygen atoms in total. The van der Waals surface area contributed by atoms with E-state index in [2.05, 4.69) is 4.98 Å². The first-order valence-electron chi connectivity index (χ1n) is 6.14. The van der Waals surface area contributed by atoms with Gasteiger partial charge >= 0.3 is 0 Å². The average Bonchev–Trinajstić information content (AvgIpc) is 2.49. The molecule has 0 spiro atoms. The molecule has 100 valence electrons. The van der Waals surface area contributed by atoms with Gasteiger partial charge in [0, 0.05) is 16.6 Å². The van der Waals surface area contributed by atoms with Crippen LogP contribution in [0, 0.1) is 0 Å². The van der Waals surface area contributed by atoms with E-state index in [0.29, 0.717) is 16.7 Å². The molecule has 0 aliphatic carbocycles. The van der Waals surface area contributed by atoms with Crippen molar-refractivity contribution in [1.82, 2.24) is 4.98 Å². The van der Waals surface area contributed by atoms with Crippen molar-refractivity contribution in [2.24, 2.45) is 0 Å². The highest BCUT2D eigenvalue weighted by Crippen LogP contribution is 2.30. The van der Waals surface area contributed by atoms with Gasteiger partial charge in [0.2, 0.25) is 0 Å². The molecule has 0 saturated carbocycles. The van der Waals surface area contributed by atoms with Crippen LogP contribution in [0.25, 0.3) is 10.9 Å². The zero-order chi connectivity index (χ0) is 13.9. The molecule has 0 bridgehead atoms. The van der Waals surface area contributed by atoms with Crippen LogP contribution in [0.5, 0.6) is 5.75 Å². The molecule has 0 aliphatic heterocycles. The van der Waals surface area contributed by atoms with Crippen molar-refractivity contribution in [2.45, 2.75) is 6.61 Å². The maximum atomic E-state index is 6.15. The van der Waals surface area contributed by atoms with Crippen molar-refractivity contribution < 1.29 is 4.74 Å². The molecule has 0 aliphatic rings. The maximum absolute atomic E-state index is 6.15. The first-order chi connectivity index (χ1) is 9.74. The van der Waals surface area contributed by atoms with E-state index in [1.165, 1.54) is 0 Å². The summed E-state index contributed by atoms with van der Waals surface area (Å²) in [4.78, 5) is 4.34. The number of rotatable bonds is 3. The van der Waals surface area contributed by atoms with Crippen LogP contribution in [0.15, 0.2) is 54.7 Å². The highest BCUT2D eigenvalue weighted by Gasteiger charge is 2.06. The Hall–Kier alpha value is -1.77. The van der Waals surface area contributed by atoms with Gasteiger partial charge < -0.3 is 4.74 Å². The zero-order valence-corrected chi connectivity index (χ0v) is 12.0. The van der Waals surface area contributed by atoms with Crippen molar-refractivity contribution in [1.29, 1.82) is 0 Å². The Morgan fingerprint density at radius 3 is 2.55 bits per heavy atom. The first kappa shape index (κ1) is 13.2. The maximum Gasteiger partial charge on any atom is 0.146 e. The van der Waals surface area contributed by atoms with Crippen molar-refractivity contribution in [3.8, 4) is 5.75 Å². The fourth-order valence-corrected chi connectivity index (χ4v) is 2.31. The Morgan fingerprint density at radius 2 is 1.75 bits per heavy atom. The van der Waals surface area contributed by atoms with Gasteiger partial charge in [-0.05, 0) is 42.0 Å². The van der Waals surface area contributed by atoms with Crippen molar-refractivity contribution >= 4 is 34.1 Å². The number of hydrogen-bond acceptors (Lipinski definition) is 2. The lowest BCUT2D eigenvalue weighted by molar-refractivity contribution is 0.309. The van der Waals surface area contributed by atoms with Crippen molar-refractivity contribution in [3.05, 3.63) is 70.3 Å². The van der Waals surface area contributed by atoms with Crippen LogP contribution in [-0.4, -0.2) is 4.98 Å². The Balaban J connectivity index is 1.88. The third kappa shape index (κ3) is 2.72. The molecule has 20 heavy (non-hydrogen) atoms. The van der Waals surface area contributed by atoms with E-state index in [-0.39, 0.29) is 0 Å². The van der Waals surface area contributed by atoms with Crippen LogP contribution in [0.1, 0.15) is 5.56 Å². The van der Waals surface area contributed by atoms with Gasteiger partial charge in [-0.3, -0.25) is 4.98 Å². The number of benzene rings is 2. The first-order valence-corrected chi connectivity index (χ1v) is 6.90. The van der Waals surface area contributed by atoms with Crippen LogP contribution in [0.2, 0.25) is 10.0 Å². The van der Waals surface area contributed by atoms with Crippen molar-refractivity contribution in [2.75, 3.05) is 0 Å². The number of pyridine rings is 1. The van der Waals surface area contributed by atoms with Gasteiger partial charge in [0.25, 0.3) is 0 Å². The molecule has 4 heteroatoms. The van der Waals surface area contributed by atoms with Gasteiger partial charge in [-0.1, -0.05) is 35.3 Å². The Morgan fingerprint density at radius 1 is 0.950 bits per heavy atom. The number of aromatic nitrogens is 1. The lowest BCUT2D eigenvalue weighted by atomic mass is 10.2. The second kappa shape index (κ2) is 5.70. The summed E-state index contributed by atoms with van der Waals surface area (Å²) in [7, 11) is 0. The SMILES string of the molecule is Clc1ccc(COc2ccc(Cl)c3cccnc23)cc1. The van der Waals surface area contributed by atoms with E-state index in [4.69, 9.17) is 27.9 Å². The second-order valence-corrected chi connectivity index (χ2v) is 5.20. The summed E-state index contributed by atoms with van der Waals surface area (Å²) in [6.45, 7) is 0.463. The fraction of sp³-hybridized carbons (Fsp3) is 0.0625. The van der Waals surface area contributed by atoms with Gasteiger partial charge in [0.15, 0.2) is 0 Å². The van der Waals surface area contributed by atoms with Gasteiger partial charge in [-0.2, -0.15) is 0 Å². The van der Waals surface area contributed by atoms with Crippen LogP contribution >= 0.6 is 23.2 Å². The lowest BCUT2D eigenvalue weighted by Crippen LogP contribution is -1.96. The van der Waals surface area contributed by atoms with Crippen LogP contribution in [0.4, 0.5) is 0 Å². The van der Waals surface area contributed by atoms with Crippen LogP contribution < -0.4 is 4.74 Å². The summed E-state index contributed by atoms with van der Waals surface area (Å²) in [5.74, 6) is 0.722. The quantitative estimate of drug-likeness (QED) is 0.670. The van der Waals surface area contributed by atoms with Crippen molar-refractivity contribution in [3.63, 3.8) is 0 Å². The minimum Gasteiger partial charge on any atom is -0.487 e. The molecule has 0 atom stereocenters. The lowest BCUT2D eigenvalue weighted by Gasteiger charge is -2.09. The second-order valence-electron chi connectivity index (χ2n) is 4.36. The highest BCUT2D eigenvalue weighted by atomic mass is 35.5. The molecule has 0 amide bonds. The number of nitrogens with zero attached hydrogens (tertiary/aromatic N) is 1. The minimum absolute atomic E-state index is 0.463. The van der Waals surface area contributed by atoms with Gasteiger partial charge in [-0.25, -0.2) is 0 Å². The molecule has 1 heterocycles. The number of halogens is 2. The normalized spacial score (nSPS) is 10.7. The van der Waals surface area contributed by atoms with E-state index in [9.17, 15) is 0 Å². The predicted octanol–water partition coefficient (Wildman–Crippen LogP) is 5.12. The molecule has 0 saturated heterocycles. The molecule has 0 radical (unpaired) electrons. The monoisotopic (exact) mass is 303 g/mol. The molecule has 0 unspecified atom stereocenters. The summed E-state index contributed by atoms with van der Waals surface area (Å²) in [6, 6.07) is 15.0. The van der Waals surface area contributed by atoms with E-state index >= 15 is 0 Å². The summed E-state index contributed by atoms with van der Waals surface area (Å²) < 4.78 is 5.84. The summed E-state index contributed by atoms with van der Waals surface area (Å²) in [5.41, 5.74) is 1.82. The smallest absolute Gasteiger partial charge is 0.146 e. The molecule has 3 aromatic rings. The Labute approximate surface area is 126 Å². The highest BCUT2D eigenvalue weighted by molar-refractivity contribution is 6.35. The minimum atomic E-state index is 0.463. The summed E-state index contributed by atoms with van der Waals surface area (Å²) in [5, 5.41) is 2.28. The number of hydrogen-bond donors (Lipinski definition) is 0. The topological polar surface area (TPSA) is 22.1 Å². The summed E-state index contributed by atoms with van der Waals surface area (Å²) >= 11 is 12.0. The molecule has 0 N–H and O–H groups in total. The molecule has 0 fully saturated rings. The molecule has 3 rings (SSSR count). The fourth-order valence-electron chi connectivity index (χ4n) is 1.97. The average molecular weight is 304 g/mol. The van der Waals surface area contributed by atoms with E-state index in [1.807, 2.05) is 48.5 Å². The van der Waals surface area contributed by atoms with E-state index in [1.54, 1.807) is 6.20 Å².